The van der Waals surface area contributed by atoms with Crippen LogP contribution in [0.25, 0.3) is 0 Å². The van der Waals surface area contributed by atoms with Crippen molar-refractivity contribution in [2.45, 2.75) is 25.7 Å². The number of rotatable bonds is 7. The molecule has 2 aromatic carbocycles. The number of nitrogens with one attached hydrogen (secondary N) is 1. The van der Waals surface area contributed by atoms with Crippen LogP contribution in [0.3, 0.4) is 0 Å². The second kappa shape index (κ2) is 7.83. The Morgan fingerprint density at radius 1 is 1.08 bits per heavy atom. The molecule has 0 unspecified atom stereocenters. The molecular formula is C20H21NO4. The zero-order valence-electron chi connectivity index (χ0n) is 14.0. The van der Waals surface area contributed by atoms with Gasteiger partial charge in [-0.25, -0.2) is 4.79 Å². The molecule has 5 nitrogen and oxygen atoms in total. The average Bonchev–Trinajstić information content (AvgIpc) is 3.09. The highest BCUT2D eigenvalue weighted by Gasteiger charge is 2.18. The van der Waals surface area contributed by atoms with Crippen molar-refractivity contribution in [3.8, 4) is 5.75 Å². The van der Waals surface area contributed by atoms with Crippen LogP contribution >= 0.6 is 0 Å². The predicted octanol–water partition coefficient (Wildman–Crippen LogP) is 2.61. The summed E-state index contributed by atoms with van der Waals surface area (Å²) >= 11 is 0. The van der Waals surface area contributed by atoms with Crippen LogP contribution < -0.4 is 10.1 Å². The molecule has 1 aliphatic carbocycles. The molecule has 1 amide bonds. The molecule has 0 bridgehead atoms. The summed E-state index contributed by atoms with van der Waals surface area (Å²) in [5, 5.41) is 11.6. The second-order valence-corrected chi connectivity index (χ2v) is 6.13. The summed E-state index contributed by atoms with van der Waals surface area (Å²) in [7, 11) is 0. The molecule has 25 heavy (non-hydrogen) atoms. The molecule has 130 valence electrons. The molecule has 5 heteroatoms. The average molecular weight is 339 g/mol. The van der Waals surface area contributed by atoms with Gasteiger partial charge in [0.15, 0.2) is 6.61 Å². The van der Waals surface area contributed by atoms with E-state index in [-0.39, 0.29) is 12.5 Å². The number of amides is 1. The first-order valence-electron chi connectivity index (χ1n) is 8.46. The van der Waals surface area contributed by atoms with Gasteiger partial charge in [0.1, 0.15) is 5.75 Å². The van der Waals surface area contributed by atoms with Crippen molar-refractivity contribution in [1.82, 2.24) is 5.32 Å². The van der Waals surface area contributed by atoms with Crippen molar-refractivity contribution in [2.75, 3.05) is 13.2 Å². The molecule has 0 saturated heterocycles. The molecular weight excluding hydrogens is 318 g/mol. The predicted molar refractivity (Wildman–Crippen MR) is 94.1 cm³/mol. The minimum atomic E-state index is -1.00. The molecule has 0 fully saturated rings. The Kier molecular flexibility index (Phi) is 5.33. The third-order valence-electron chi connectivity index (χ3n) is 4.38. The van der Waals surface area contributed by atoms with Crippen molar-refractivity contribution >= 4 is 11.9 Å². The second-order valence-electron chi connectivity index (χ2n) is 6.13. The van der Waals surface area contributed by atoms with E-state index in [0.29, 0.717) is 18.7 Å². The number of fused-ring (bicyclic) bond motifs is 1. The van der Waals surface area contributed by atoms with Crippen molar-refractivity contribution in [1.29, 1.82) is 0 Å². The van der Waals surface area contributed by atoms with E-state index in [0.717, 1.165) is 30.4 Å². The summed E-state index contributed by atoms with van der Waals surface area (Å²) in [6.45, 7) is 0.203. The van der Waals surface area contributed by atoms with Gasteiger partial charge in [-0.15, -0.1) is 0 Å². The molecule has 0 aliphatic heterocycles. The number of hydrogen-bond acceptors (Lipinski definition) is 3. The molecule has 1 aliphatic rings. The van der Waals surface area contributed by atoms with Gasteiger partial charge in [-0.3, -0.25) is 4.79 Å². The summed E-state index contributed by atoms with van der Waals surface area (Å²) in [6, 6.07) is 13.2. The summed E-state index contributed by atoms with van der Waals surface area (Å²) in [4.78, 5) is 22.9. The number of ether oxygens (including phenoxy) is 1. The van der Waals surface area contributed by atoms with E-state index < -0.39 is 5.97 Å². The standard InChI is InChI=1S/C20H21NO4/c22-19(23)13-25-16-9-7-14(8-10-16)11-12-21-20(24)18-6-2-4-15-3-1-5-17(15)18/h2,4,6-10H,1,3,5,11-13H2,(H,21,24)(H,22,23). The van der Waals surface area contributed by atoms with Crippen molar-refractivity contribution in [2.24, 2.45) is 0 Å². The Bertz CT molecular complexity index is 768. The first kappa shape index (κ1) is 17.0. The van der Waals surface area contributed by atoms with Crippen LogP contribution in [0.4, 0.5) is 0 Å². The Labute approximate surface area is 146 Å². The lowest BCUT2D eigenvalue weighted by Crippen LogP contribution is -2.26. The zero-order chi connectivity index (χ0) is 17.6. The number of carboxylic acid groups (broad SMARTS) is 1. The highest BCUT2D eigenvalue weighted by molar-refractivity contribution is 5.96. The lowest BCUT2D eigenvalue weighted by Gasteiger charge is -2.10. The SMILES string of the molecule is O=C(O)COc1ccc(CCNC(=O)c2cccc3c2CCC3)cc1. The number of carboxylic acids is 1. The highest BCUT2D eigenvalue weighted by atomic mass is 16.5. The lowest BCUT2D eigenvalue weighted by molar-refractivity contribution is -0.139. The van der Waals surface area contributed by atoms with E-state index in [9.17, 15) is 9.59 Å². The van der Waals surface area contributed by atoms with Gasteiger partial charge in [0.05, 0.1) is 0 Å². The van der Waals surface area contributed by atoms with Crippen LogP contribution in [0, 0.1) is 0 Å². The van der Waals surface area contributed by atoms with Crippen LogP contribution in [0.2, 0.25) is 0 Å². The normalized spacial score (nSPS) is 12.5. The number of aryl methyl sites for hydroxylation is 1. The van der Waals surface area contributed by atoms with Gasteiger partial charge >= 0.3 is 5.97 Å². The number of carbonyl (C=O) groups excluding carboxylic acids is 1. The van der Waals surface area contributed by atoms with E-state index in [4.69, 9.17) is 9.84 Å². The lowest BCUT2D eigenvalue weighted by atomic mass is 10.0. The minimum Gasteiger partial charge on any atom is -0.482 e. The number of hydrogen-bond donors (Lipinski definition) is 2. The third kappa shape index (κ3) is 4.38. The first-order valence-corrected chi connectivity index (χ1v) is 8.46. The smallest absolute Gasteiger partial charge is 0.341 e. The molecule has 0 spiro atoms. The summed E-state index contributed by atoms with van der Waals surface area (Å²) in [5.41, 5.74) is 4.35. The molecule has 2 aromatic rings. The molecule has 0 heterocycles. The summed E-state index contributed by atoms with van der Waals surface area (Å²) < 4.78 is 5.10. The van der Waals surface area contributed by atoms with E-state index in [1.54, 1.807) is 12.1 Å². The summed E-state index contributed by atoms with van der Waals surface area (Å²) in [5.74, 6) is -0.491. The minimum absolute atomic E-state index is 0.0137. The van der Waals surface area contributed by atoms with Crippen LogP contribution in [-0.4, -0.2) is 30.1 Å². The zero-order valence-corrected chi connectivity index (χ0v) is 14.0. The summed E-state index contributed by atoms with van der Waals surface area (Å²) in [6.07, 6.45) is 3.87. The third-order valence-corrected chi connectivity index (χ3v) is 4.38. The Morgan fingerprint density at radius 3 is 2.64 bits per heavy atom. The van der Waals surface area contributed by atoms with Crippen molar-refractivity contribution < 1.29 is 19.4 Å². The van der Waals surface area contributed by atoms with Gasteiger partial charge in [-0.2, -0.15) is 0 Å². The largest absolute Gasteiger partial charge is 0.482 e. The fraction of sp³-hybridized carbons (Fsp3) is 0.300. The van der Waals surface area contributed by atoms with E-state index in [1.165, 1.54) is 11.1 Å². The van der Waals surface area contributed by atoms with Gasteiger partial charge in [-0.1, -0.05) is 24.3 Å². The fourth-order valence-electron chi connectivity index (χ4n) is 3.15. The Hall–Kier alpha value is -2.82. The number of benzene rings is 2. The van der Waals surface area contributed by atoms with Gasteiger partial charge in [0, 0.05) is 12.1 Å². The van der Waals surface area contributed by atoms with Crippen LogP contribution in [0.1, 0.15) is 33.5 Å². The maximum absolute atomic E-state index is 12.4. The van der Waals surface area contributed by atoms with Gasteiger partial charge in [0.25, 0.3) is 5.91 Å². The first-order chi connectivity index (χ1) is 12.1. The highest BCUT2D eigenvalue weighted by Crippen LogP contribution is 2.25. The van der Waals surface area contributed by atoms with Crippen molar-refractivity contribution in [3.05, 3.63) is 64.7 Å². The van der Waals surface area contributed by atoms with Crippen LogP contribution in [0.5, 0.6) is 5.75 Å². The van der Waals surface area contributed by atoms with E-state index in [2.05, 4.69) is 11.4 Å². The maximum Gasteiger partial charge on any atom is 0.341 e. The van der Waals surface area contributed by atoms with Crippen LogP contribution in [-0.2, 0) is 24.1 Å². The molecule has 0 atom stereocenters. The Balaban J connectivity index is 1.50. The molecule has 0 aromatic heterocycles. The van der Waals surface area contributed by atoms with Gasteiger partial charge in [0.2, 0.25) is 0 Å². The Morgan fingerprint density at radius 2 is 1.88 bits per heavy atom. The topological polar surface area (TPSA) is 75.6 Å². The monoisotopic (exact) mass is 339 g/mol. The quantitative estimate of drug-likeness (QED) is 0.813. The fourth-order valence-corrected chi connectivity index (χ4v) is 3.15. The molecule has 0 radical (unpaired) electrons. The van der Waals surface area contributed by atoms with Crippen LogP contribution in [0.15, 0.2) is 42.5 Å². The molecule has 3 rings (SSSR count). The van der Waals surface area contributed by atoms with Gasteiger partial charge in [-0.05, 0) is 60.6 Å². The van der Waals surface area contributed by atoms with Gasteiger partial charge < -0.3 is 15.2 Å². The molecule has 2 N–H and O–H groups in total. The number of carbonyl (C=O) groups is 2. The maximum atomic E-state index is 12.4. The van der Waals surface area contributed by atoms with E-state index in [1.807, 2.05) is 24.3 Å². The van der Waals surface area contributed by atoms with Crippen molar-refractivity contribution in [3.63, 3.8) is 0 Å². The molecule has 0 saturated carbocycles. The van der Waals surface area contributed by atoms with E-state index >= 15 is 0 Å². The number of aliphatic carboxylic acids is 1.